The number of amides is 2. The smallest absolute Gasteiger partial charge is 0.252 e. The first kappa shape index (κ1) is 14.3. The van der Waals surface area contributed by atoms with E-state index in [1.165, 1.54) is 0 Å². The van der Waals surface area contributed by atoms with E-state index in [0.717, 1.165) is 13.1 Å². The zero-order valence-electron chi connectivity index (χ0n) is 11.9. The predicted octanol–water partition coefficient (Wildman–Crippen LogP) is 0.485. The maximum atomic E-state index is 11.7. The number of nitrogens with zero attached hydrogens (tertiary/aromatic N) is 3. The molecule has 2 heterocycles. The lowest BCUT2D eigenvalue weighted by molar-refractivity contribution is -0.127. The van der Waals surface area contributed by atoms with Gasteiger partial charge in [0.15, 0.2) is 0 Å². The van der Waals surface area contributed by atoms with Gasteiger partial charge in [0, 0.05) is 45.2 Å². The minimum absolute atomic E-state index is 0.196. The Hall–Kier alpha value is -2.11. The first-order valence-electron chi connectivity index (χ1n) is 6.76. The van der Waals surface area contributed by atoms with Crippen LogP contribution in [-0.2, 0) is 4.79 Å². The zero-order chi connectivity index (χ0) is 14.7. The Balaban J connectivity index is 2.08. The Morgan fingerprint density at radius 1 is 1.60 bits per heavy atom. The van der Waals surface area contributed by atoms with Crippen LogP contribution in [0, 0.1) is 5.92 Å². The molecule has 2 amide bonds. The summed E-state index contributed by atoms with van der Waals surface area (Å²) in [4.78, 5) is 31.1. The molecule has 6 nitrogen and oxygen atoms in total. The number of likely N-dealkylation sites (tertiary alicyclic amines) is 1. The van der Waals surface area contributed by atoms with Gasteiger partial charge in [-0.1, -0.05) is 0 Å². The summed E-state index contributed by atoms with van der Waals surface area (Å²) < 4.78 is 0. The van der Waals surface area contributed by atoms with Crippen molar-refractivity contribution in [1.29, 1.82) is 0 Å². The summed E-state index contributed by atoms with van der Waals surface area (Å²) in [6.07, 6.45) is 2.19. The Bertz CT molecular complexity index is 518. The van der Waals surface area contributed by atoms with Crippen molar-refractivity contribution in [2.24, 2.45) is 11.7 Å². The summed E-state index contributed by atoms with van der Waals surface area (Å²) in [7, 11) is 1.87. The van der Waals surface area contributed by atoms with Gasteiger partial charge in [-0.15, -0.1) is 0 Å². The van der Waals surface area contributed by atoms with E-state index in [0.29, 0.717) is 24.3 Å². The molecule has 108 valence electrons. The van der Waals surface area contributed by atoms with Gasteiger partial charge in [-0.05, 0) is 19.1 Å². The summed E-state index contributed by atoms with van der Waals surface area (Å²) >= 11 is 0. The number of rotatable bonds is 5. The monoisotopic (exact) mass is 276 g/mol. The number of hydrogen-bond donors (Lipinski definition) is 1. The van der Waals surface area contributed by atoms with Gasteiger partial charge in [0.1, 0.15) is 5.82 Å². The molecule has 1 atom stereocenters. The highest BCUT2D eigenvalue weighted by Crippen LogP contribution is 2.22. The molecule has 6 heteroatoms. The third-order valence-electron chi connectivity index (χ3n) is 3.62. The van der Waals surface area contributed by atoms with Crippen molar-refractivity contribution < 1.29 is 9.59 Å². The Morgan fingerprint density at radius 2 is 2.35 bits per heavy atom. The highest BCUT2D eigenvalue weighted by molar-refractivity contribution is 5.97. The van der Waals surface area contributed by atoms with E-state index in [9.17, 15) is 9.59 Å². The van der Waals surface area contributed by atoms with Crippen LogP contribution in [0.5, 0.6) is 0 Å². The number of carbonyl (C=O) groups is 2. The number of anilines is 1. The van der Waals surface area contributed by atoms with Crippen molar-refractivity contribution >= 4 is 17.6 Å². The molecule has 1 aliphatic heterocycles. The molecule has 1 saturated heterocycles. The lowest BCUT2D eigenvalue weighted by Crippen LogP contribution is -2.30. The molecular formula is C14H20N4O2. The third kappa shape index (κ3) is 2.89. The second-order valence-corrected chi connectivity index (χ2v) is 5.12. The molecule has 1 aromatic rings. The summed E-state index contributed by atoms with van der Waals surface area (Å²) in [5.41, 5.74) is 5.77. The van der Waals surface area contributed by atoms with Gasteiger partial charge in [0.05, 0.1) is 5.56 Å². The topological polar surface area (TPSA) is 79.5 Å². The van der Waals surface area contributed by atoms with Crippen molar-refractivity contribution in [3.63, 3.8) is 0 Å². The summed E-state index contributed by atoms with van der Waals surface area (Å²) in [5.74, 6) is 0.539. The van der Waals surface area contributed by atoms with Gasteiger partial charge in [0.25, 0.3) is 5.91 Å². The SMILES string of the molecule is CCN1C[C@@H](CN(C)c2ncccc2C(N)=O)CC1=O. The molecule has 2 rings (SSSR count). The van der Waals surface area contributed by atoms with Crippen LogP contribution in [0.25, 0.3) is 0 Å². The van der Waals surface area contributed by atoms with E-state index in [-0.39, 0.29) is 11.8 Å². The molecule has 2 N–H and O–H groups in total. The fraction of sp³-hybridized carbons (Fsp3) is 0.500. The van der Waals surface area contributed by atoms with Crippen LogP contribution in [0.4, 0.5) is 5.82 Å². The first-order valence-corrected chi connectivity index (χ1v) is 6.76. The first-order chi connectivity index (χ1) is 9.52. The summed E-state index contributed by atoms with van der Waals surface area (Å²) in [6.45, 7) is 4.17. The molecule has 0 saturated carbocycles. The zero-order valence-corrected chi connectivity index (χ0v) is 11.9. The Kier molecular flexibility index (Phi) is 4.22. The van der Waals surface area contributed by atoms with Crippen LogP contribution in [0.15, 0.2) is 18.3 Å². The molecule has 0 radical (unpaired) electrons. The van der Waals surface area contributed by atoms with E-state index >= 15 is 0 Å². The van der Waals surface area contributed by atoms with Gasteiger partial charge < -0.3 is 15.5 Å². The van der Waals surface area contributed by atoms with E-state index < -0.39 is 5.91 Å². The largest absolute Gasteiger partial charge is 0.365 e. The van der Waals surface area contributed by atoms with Gasteiger partial charge in [-0.3, -0.25) is 9.59 Å². The van der Waals surface area contributed by atoms with Crippen molar-refractivity contribution in [3.05, 3.63) is 23.9 Å². The van der Waals surface area contributed by atoms with Gasteiger partial charge >= 0.3 is 0 Å². The summed E-state index contributed by atoms with van der Waals surface area (Å²) in [6, 6.07) is 3.36. The molecule has 1 fully saturated rings. The van der Waals surface area contributed by atoms with Crippen LogP contribution in [0.2, 0.25) is 0 Å². The maximum absolute atomic E-state index is 11.7. The van der Waals surface area contributed by atoms with Crippen molar-refractivity contribution in [2.45, 2.75) is 13.3 Å². The lowest BCUT2D eigenvalue weighted by atomic mass is 10.1. The van der Waals surface area contributed by atoms with Crippen molar-refractivity contribution in [1.82, 2.24) is 9.88 Å². The normalized spacial score (nSPS) is 18.4. The quantitative estimate of drug-likeness (QED) is 0.848. The molecule has 0 unspecified atom stereocenters. The second kappa shape index (κ2) is 5.90. The minimum Gasteiger partial charge on any atom is -0.365 e. The molecule has 0 aliphatic carbocycles. The highest BCUT2D eigenvalue weighted by Gasteiger charge is 2.29. The fourth-order valence-corrected chi connectivity index (χ4v) is 2.65. The summed E-state index contributed by atoms with van der Waals surface area (Å²) in [5, 5.41) is 0. The van der Waals surface area contributed by atoms with E-state index in [1.54, 1.807) is 18.3 Å². The molecule has 1 aromatic heterocycles. The number of hydrogen-bond acceptors (Lipinski definition) is 4. The standard InChI is InChI=1S/C14H20N4O2/c1-3-18-9-10(7-12(18)19)8-17(2)14-11(13(15)20)5-4-6-16-14/h4-6,10H,3,7-9H2,1-2H3,(H2,15,20)/t10-/m1/s1. The number of nitrogens with two attached hydrogens (primary N) is 1. The Morgan fingerprint density at radius 3 is 2.95 bits per heavy atom. The van der Waals surface area contributed by atoms with E-state index in [2.05, 4.69) is 4.98 Å². The number of aromatic nitrogens is 1. The average Bonchev–Trinajstić information content (AvgIpc) is 2.78. The van der Waals surface area contributed by atoms with E-state index in [4.69, 9.17) is 5.73 Å². The second-order valence-electron chi connectivity index (χ2n) is 5.12. The van der Waals surface area contributed by atoms with Crippen molar-refractivity contribution in [3.8, 4) is 0 Å². The minimum atomic E-state index is -0.488. The van der Waals surface area contributed by atoms with Crippen LogP contribution >= 0.6 is 0 Å². The highest BCUT2D eigenvalue weighted by atomic mass is 16.2. The molecule has 20 heavy (non-hydrogen) atoms. The van der Waals surface area contributed by atoms with Gasteiger partial charge in [0.2, 0.25) is 5.91 Å². The van der Waals surface area contributed by atoms with Gasteiger partial charge in [-0.2, -0.15) is 0 Å². The fourth-order valence-electron chi connectivity index (χ4n) is 2.65. The van der Waals surface area contributed by atoms with Crippen LogP contribution < -0.4 is 10.6 Å². The molecule has 0 aromatic carbocycles. The number of pyridine rings is 1. The maximum Gasteiger partial charge on any atom is 0.252 e. The molecular weight excluding hydrogens is 256 g/mol. The number of primary amides is 1. The predicted molar refractivity (Wildman–Crippen MR) is 76.4 cm³/mol. The Labute approximate surface area is 118 Å². The van der Waals surface area contributed by atoms with Gasteiger partial charge in [-0.25, -0.2) is 4.98 Å². The van der Waals surface area contributed by atoms with Crippen LogP contribution in [0.1, 0.15) is 23.7 Å². The average molecular weight is 276 g/mol. The molecule has 1 aliphatic rings. The van der Waals surface area contributed by atoms with Crippen LogP contribution in [0.3, 0.4) is 0 Å². The van der Waals surface area contributed by atoms with E-state index in [1.807, 2.05) is 23.8 Å². The van der Waals surface area contributed by atoms with Crippen molar-refractivity contribution in [2.75, 3.05) is 31.6 Å². The molecule has 0 spiro atoms. The van der Waals surface area contributed by atoms with Crippen LogP contribution in [-0.4, -0.2) is 48.4 Å². The number of carbonyl (C=O) groups excluding carboxylic acids is 2. The third-order valence-corrected chi connectivity index (χ3v) is 3.62. The lowest BCUT2D eigenvalue weighted by Gasteiger charge is -2.23. The molecule has 0 bridgehead atoms.